The van der Waals surface area contributed by atoms with Crippen LogP contribution in [0.4, 0.5) is 34.1 Å². The smallest absolute Gasteiger partial charge is 0.0504 e. The van der Waals surface area contributed by atoms with E-state index in [9.17, 15) is 0 Å². The van der Waals surface area contributed by atoms with Crippen LogP contribution in [0.25, 0.3) is 11.1 Å². The van der Waals surface area contributed by atoms with Crippen molar-refractivity contribution in [2.75, 3.05) is 9.80 Å². The van der Waals surface area contributed by atoms with Crippen LogP contribution in [0, 0.1) is 0 Å². The molecule has 0 aliphatic carbocycles. The number of rotatable bonds is 5. The highest BCUT2D eigenvalue weighted by Crippen LogP contribution is 2.53. The van der Waals surface area contributed by atoms with Crippen LogP contribution < -0.4 is 9.80 Å². The summed E-state index contributed by atoms with van der Waals surface area (Å²) in [7, 11) is 0. The SMILES string of the molecule is CC1(C)c2ccccc2N(c2ccccc2)c2ccc(N(c3ccccc3)c3ccc(-c4ccccc4)cc3)cc21. The lowest BCUT2D eigenvalue weighted by atomic mass is 9.73. The molecule has 41 heavy (non-hydrogen) atoms. The van der Waals surface area contributed by atoms with E-state index in [1.807, 2.05) is 0 Å². The standard InChI is InChI=1S/C39H32N2/c1-39(2)35-20-12-13-21-37(35)41(32-18-10-5-11-19-32)38-27-26-34(28-36(38)39)40(31-16-8-4-9-17-31)33-24-22-30(23-25-33)29-14-6-3-7-15-29/h3-28H,1-2H3. The highest BCUT2D eigenvalue weighted by Gasteiger charge is 2.37. The maximum Gasteiger partial charge on any atom is 0.0504 e. The topological polar surface area (TPSA) is 6.48 Å². The predicted octanol–water partition coefficient (Wildman–Crippen LogP) is 10.9. The largest absolute Gasteiger partial charge is 0.310 e. The van der Waals surface area contributed by atoms with Crippen molar-refractivity contribution in [3.05, 3.63) is 169 Å². The van der Waals surface area contributed by atoms with Gasteiger partial charge in [0.1, 0.15) is 0 Å². The van der Waals surface area contributed by atoms with Gasteiger partial charge in [0.05, 0.1) is 11.4 Å². The molecule has 198 valence electrons. The molecule has 6 aromatic carbocycles. The first kappa shape index (κ1) is 24.9. The van der Waals surface area contributed by atoms with E-state index in [0.717, 1.165) is 17.1 Å². The van der Waals surface area contributed by atoms with Gasteiger partial charge >= 0.3 is 0 Å². The van der Waals surface area contributed by atoms with E-state index in [-0.39, 0.29) is 5.41 Å². The van der Waals surface area contributed by atoms with Crippen LogP contribution in [0.15, 0.2) is 158 Å². The van der Waals surface area contributed by atoms with Crippen molar-refractivity contribution >= 4 is 34.1 Å². The number of hydrogen-bond acceptors (Lipinski definition) is 2. The summed E-state index contributed by atoms with van der Waals surface area (Å²) in [5.74, 6) is 0. The molecular weight excluding hydrogens is 496 g/mol. The highest BCUT2D eigenvalue weighted by atomic mass is 15.2. The lowest BCUT2D eigenvalue weighted by Gasteiger charge is -2.42. The van der Waals surface area contributed by atoms with Gasteiger partial charge in [-0.05, 0) is 82.9 Å². The zero-order valence-corrected chi connectivity index (χ0v) is 23.4. The summed E-state index contributed by atoms with van der Waals surface area (Å²) in [6.45, 7) is 4.69. The van der Waals surface area contributed by atoms with Gasteiger partial charge in [-0.25, -0.2) is 0 Å². The van der Waals surface area contributed by atoms with Gasteiger partial charge in [0.2, 0.25) is 0 Å². The summed E-state index contributed by atoms with van der Waals surface area (Å²) < 4.78 is 0. The number of nitrogens with zero attached hydrogens (tertiary/aromatic N) is 2. The zero-order chi connectivity index (χ0) is 27.8. The minimum atomic E-state index is -0.174. The Bertz CT molecular complexity index is 1790. The van der Waals surface area contributed by atoms with Gasteiger partial charge in [0.15, 0.2) is 0 Å². The molecule has 0 unspecified atom stereocenters. The van der Waals surface area contributed by atoms with Crippen LogP contribution in [0.3, 0.4) is 0 Å². The Morgan fingerprint density at radius 2 is 0.951 bits per heavy atom. The van der Waals surface area contributed by atoms with Crippen LogP contribution in [0.1, 0.15) is 25.0 Å². The summed E-state index contributed by atoms with van der Waals surface area (Å²) in [4.78, 5) is 4.76. The average molecular weight is 529 g/mol. The Morgan fingerprint density at radius 1 is 0.439 bits per heavy atom. The average Bonchev–Trinajstić information content (AvgIpc) is 3.03. The van der Waals surface area contributed by atoms with E-state index in [0.29, 0.717) is 0 Å². The molecule has 6 aromatic rings. The molecule has 0 bridgehead atoms. The second-order valence-corrected chi connectivity index (χ2v) is 11.1. The predicted molar refractivity (Wildman–Crippen MR) is 173 cm³/mol. The molecule has 0 fully saturated rings. The minimum absolute atomic E-state index is 0.174. The van der Waals surface area contributed by atoms with E-state index in [1.54, 1.807) is 0 Å². The molecule has 0 saturated heterocycles. The quantitative estimate of drug-likeness (QED) is 0.220. The zero-order valence-electron chi connectivity index (χ0n) is 23.4. The molecule has 1 aliphatic heterocycles. The molecule has 0 amide bonds. The van der Waals surface area contributed by atoms with E-state index < -0.39 is 0 Å². The van der Waals surface area contributed by atoms with E-state index in [4.69, 9.17) is 0 Å². The normalized spacial score (nSPS) is 13.3. The van der Waals surface area contributed by atoms with Crippen LogP contribution in [0.2, 0.25) is 0 Å². The third-order valence-electron chi connectivity index (χ3n) is 8.23. The fraction of sp³-hybridized carbons (Fsp3) is 0.0769. The number of hydrogen-bond donors (Lipinski definition) is 0. The molecule has 1 heterocycles. The van der Waals surface area contributed by atoms with Gasteiger partial charge in [0.25, 0.3) is 0 Å². The molecule has 0 N–H and O–H groups in total. The van der Waals surface area contributed by atoms with Crippen molar-refractivity contribution in [2.45, 2.75) is 19.3 Å². The molecule has 0 radical (unpaired) electrons. The third-order valence-corrected chi connectivity index (χ3v) is 8.23. The number of benzene rings is 6. The van der Waals surface area contributed by atoms with Crippen LogP contribution >= 0.6 is 0 Å². The lowest BCUT2D eigenvalue weighted by Crippen LogP contribution is -2.30. The molecule has 0 saturated carbocycles. The van der Waals surface area contributed by atoms with E-state index >= 15 is 0 Å². The first-order valence-corrected chi connectivity index (χ1v) is 14.2. The van der Waals surface area contributed by atoms with Crippen LogP contribution in [-0.4, -0.2) is 0 Å². The van der Waals surface area contributed by atoms with Gasteiger partial charge in [-0.1, -0.05) is 111 Å². The van der Waals surface area contributed by atoms with Gasteiger partial charge in [-0.3, -0.25) is 0 Å². The van der Waals surface area contributed by atoms with Crippen molar-refractivity contribution in [3.8, 4) is 11.1 Å². The fourth-order valence-electron chi connectivity index (χ4n) is 6.14. The van der Waals surface area contributed by atoms with Gasteiger partial charge in [-0.2, -0.15) is 0 Å². The van der Waals surface area contributed by atoms with Crippen molar-refractivity contribution in [1.29, 1.82) is 0 Å². The maximum atomic E-state index is 2.40. The summed E-state index contributed by atoms with van der Waals surface area (Å²) >= 11 is 0. The van der Waals surface area contributed by atoms with Crippen LogP contribution in [-0.2, 0) is 5.41 Å². The summed E-state index contributed by atoms with van der Waals surface area (Å²) in [5.41, 5.74) is 11.9. The Labute approximate surface area is 242 Å². The van der Waals surface area contributed by atoms with Gasteiger partial charge in [0, 0.05) is 28.2 Å². The molecule has 0 spiro atoms. The summed E-state index contributed by atoms with van der Waals surface area (Å²) in [6, 6.07) is 56.5. The summed E-state index contributed by atoms with van der Waals surface area (Å²) in [5, 5.41) is 0. The number of anilines is 6. The molecule has 0 atom stereocenters. The monoisotopic (exact) mass is 528 g/mol. The molecule has 2 heteroatoms. The lowest BCUT2D eigenvalue weighted by molar-refractivity contribution is 0.632. The van der Waals surface area contributed by atoms with E-state index in [2.05, 4.69) is 181 Å². The second-order valence-electron chi connectivity index (χ2n) is 11.1. The van der Waals surface area contributed by atoms with Gasteiger partial charge < -0.3 is 9.80 Å². The second kappa shape index (κ2) is 10.1. The minimum Gasteiger partial charge on any atom is -0.310 e. The molecular formula is C39H32N2. The maximum absolute atomic E-state index is 2.40. The van der Waals surface area contributed by atoms with Crippen molar-refractivity contribution in [3.63, 3.8) is 0 Å². The Balaban J connectivity index is 1.39. The molecule has 1 aliphatic rings. The van der Waals surface area contributed by atoms with Crippen molar-refractivity contribution in [1.82, 2.24) is 0 Å². The van der Waals surface area contributed by atoms with E-state index in [1.165, 1.54) is 39.3 Å². The van der Waals surface area contributed by atoms with Crippen molar-refractivity contribution < 1.29 is 0 Å². The van der Waals surface area contributed by atoms with Crippen molar-refractivity contribution in [2.24, 2.45) is 0 Å². The molecule has 2 nitrogen and oxygen atoms in total. The van der Waals surface area contributed by atoms with Crippen LogP contribution in [0.5, 0.6) is 0 Å². The summed E-state index contributed by atoms with van der Waals surface area (Å²) in [6.07, 6.45) is 0. The highest BCUT2D eigenvalue weighted by molar-refractivity contribution is 5.88. The van der Waals surface area contributed by atoms with Gasteiger partial charge in [-0.15, -0.1) is 0 Å². The first-order chi connectivity index (χ1) is 20.1. The number of para-hydroxylation sites is 3. The molecule has 0 aromatic heterocycles. The first-order valence-electron chi connectivity index (χ1n) is 14.2. The Morgan fingerprint density at radius 3 is 1.66 bits per heavy atom. The fourth-order valence-corrected chi connectivity index (χ4v) is 6.14. The Kier molecular flexibility index (Phi) is 6.17. The third kappa shape index (κ3) is 4.38. The Hall–Kier alpha value is -5.08. The number of fused-ring (bicyclic) bond motifs is 2. The molecule has 7 rings (SSSR count).